The van der Waals surface area contributed by atoms with Crippen LogP contribution in [0.25, 0.3) is 10.9 Å². The van der Waals surface area contributed by atoms with Gasteiger partial charge in [0.25, 0.3) is 0 Å². The number of hydrogen-bond acceptors (Lipinski definition) is 2. The van der Waals surface area contributed by atoms with E-state index in [1.54, 1.807) is 12.1 Å². The molecule has 0 amide bonds. The van der Waals surface area contributed by atoms with Gasteiger partial charge in [0.15, 0.2) is 0 Å². The molecule has 0 bridgehead atoms. The van der Waals surface area contributed by atoms with Crippen LogP contribution in [0.4, 0.5) is 4.39 Å². The SMILES string of the molecule is CNC(c1cccc(F)c1)c1nn(C)c2ccccc12. The molecule has 1 unspecified atom stereocenters. The Morgan fingerprint density at radius 2 is 1.95 bits per heavy atom. The number of halogens is 1. The summed E-state index contributed by atoms with van der Waals surface area (Å²) in [6.45, 7) is 0. The molecule has 0 aliphatic carbocycles. The third-order valence-corrected chi connectivity index (χ3v) is 3.53. The Hall–Kier alpha value is -2.20. The summed E-state index contributed by atoms with van der Waals surface area (Å²) >= 11 is 0. The van der Waals surface area contributed by atoms with Crippen molar-refractivity contribution in [2.45, 2.75) is 6.04 Å². The fraction of sp³-hybridized carbons (Fsp3) is 0.188. The van der Waals surface area contributed by atoms with Crippen LogP contribution in [0.3, 0.4) is 0 Å². The van der Waals surface area contributed by atoms with E-state index in [1.807, 2.05) is 49.1 Å². The molecule has 0 aliphatic heterocycles. The summed E-state index contributed by atoms with van der Waals surface area (Å²) in [5, 5.41) is 8.91. The fourth-order valence-corrected chi connectivity index (χ4v) is 2.60. The molecule has 0 spiro atoms. The molecular weight excluding hydrogens is 253 g/mol. The molecule has 1 atom stereocenters. The van der Waals surface area contributed by atoms with Gasteiger partial charge in [0.2, 0.25) is 0 Å². The maximum Gasteiger partial charge on any atom is 0.123 e. The van der Waals surface area contributed by atoms with Crippen molar-refractivity contribution in [1.29, 1.82) is 0 Å². The number of benzene rings is 2. The van der Waals surface area contributed by atoms with Gasteiger partial charge < -0.3 is 5.32 Å². The van der Waals surface area contributed by atoms with Gasteiger partial charge in [-0.25, -0.2) is 4.39 Å². The van der Waals surface area contributed by atoms with Crippen LogP contribution in [0.5, 0.6) is 0 Å². The summed E-state index contributed by atoms with van der Waals surface area (Å²) < 4.78 is 15.3. The van der Waals surface area contributed by atoms with Crippen molar-refractivity contribution in [2.75, 3.05) is 7.05 Å². The summed E-state index contributed by atoms with van der Waals surface area (Å²) in [5.41, 5.74) is 2.85. The van der Waals surface area contributed by atoms with E-state index < -0.39 is 0 Å². The van der Waals surface area contributed by atoms with Gasteiger partial charge in [-0.15, -0.1) is 0 Å². The first-order valence-electron chi connectivity index (χ1n) is 6.55. The van der Waals surface area contributed by atoms with Crippen LogP contribution in [0.2, 0.25) is 0 Å². The Kier molecular flexibility index (Phi) is 3.24. The first-order valence-corrected chi connectivity index (χ1v) is 6.55. The van der Waals surface area contributed by atoms with Gasteiger partial charge in [-0.1, -0.05) is 30.3 Å². The van der Waals surface area contributed by atoms with Crippen molar-refractivity contribution in [3.8, 4) is 0 Å². The van der Waals surface area contributed by atoms with Crippen molar-refractivity contribution in [3.63, 3.8) is 0 Å². The Labute approximate surface area is 117 Å². The summed E-state index contributed by atoms with van der Waals surface area (Å²) in [5.74, 6) is -0.233. The van der Waals surface area contributed by atoms with Gasteiger partial charge in [0.05, 0.1) is 17.3 Å². The van der Waals surface area contributed by atoms with Crippen LogP contribution < -0.4 is 5.32 Å². The normalized spacial score (nSPS) is 12.8. The zero-order valence-corrected chi connectivity index (χ0v) is 11.5. The first kappa shape index (κ1) is 12.8. The molecule has 20 heavy (non-hydrogen) atoms. The van der Waals surface area contributed by atoms with Crippen molar-refractivity contribution in [1.82, 2.24) is 15.1 Å². The number of para-hydroxylation sites is 1. The molecule has 1 aromatic heterocycles. The van der Waals surface area contributed by atoms with Crippen molar-refractivity contribution in [3.05, 3.63) is 65.6 Å². The molecule has 0 saturated carbocycles. The lowest BCUT2D eigenvalue weighted by Crippen LogP contribution is -2.18. The minimum absolute atomic E-state index is 0.128. The molecule has 4 heteroatoms. The van der Waals surface area contributed by atoms with Crippen LogP contribution in [0.1, 0.15) is 17.3 Å². The minimum atomic E-state index is -0.233. The van der Waals surface area contributed by atoms with Crippen LogP contribution >= 0.6 is 0 Å². The molecule has 3 rings (SSSR count). The van der Waals surface area contributed by atoms with E-state index in [0.717, 1.165) is 22.2 Å². The lowest BCUT2D eigenvalue weighted by atomic mass is 10.0. The van der Waals surface area contributed by atoms with Crippen LogP contribution in [-0.4, -0.2) is 16.8 Å². The van der Waals surface area contributed by atoms with E-state index in [0.29, 0.717) is 0 Å². The quantitative estimate of drug-likeness (QED) is 0.792. The molecule has 0 fully saturated rings. The van der Waals surface area contributed by atoms with Gasteiger partial charge in [-0.05, 0) is 30.8 Å². The highest BCUT2D eigenvalue weighted by Gasteiger charge is 2.19. The fourth-order valence-electron chi connectivity index (χ4n) is 2.60. The molecule has 0 saturated heterocycles. The number of fused-ring (bicyclic) bond motifs is 1. The van der Waals surface area contributed by atoms with E-state index >= 15 is 0 Å². The second kappa shape index (κ2) is 5.06. The monoisotopic (exact) mass is 269 g/mol. The highest BCUT2D eigenvalue weighted by Crippen LogP contribution is 2.28. The molecule has 1 heterocycles. The van der Waals surface area contributed by atoms with Gasteiger partial charge >= 0.3 is 0 Å². The van der Waals surface area contributed by atoms with E-state index in [9.17, 15) is 4.39 Å². The first-order chi connectivity index (χ1) is 9.70. The average molecular weight is 269 g/mol. The molecule has 3 nitrogen and oxygen atoms in total. The number of hydrogen-bond donors (Lipinski definition) is 1. The van der Waals surface area contributed by atoms with E-state index in [1.165, 1.54) is 6.07 Å². The molecule has 2 aromatic carbocycles. The number of rotatable bonds is 3. The Bertz CT molecular complexity index is 748. The maximum absolute atomic E-state index is 13.4. The smallest absolute Gasteiger partial charge is 0.123 e. The van der Waals surface area contributed by atoms with Crippen molar-refractivity contribution >= 4 is 10.9 Å². The van der Waals surface area contributed by atoms with Crippen molar-refractivity contribution in [2.24, 2.45) is 7.05 Å². The van der Waals surface area contributed by atoms with Gasteiger partial charge in [0.1, 0.15) is 5.82 Å². The topological polar surface area (TPSA) is 29.9 Å². The largest absolute Gasteiger partial charge is 0.308 e. The van der Waals surface area contributed by atoms with Crippen LogP contribution in [0, 0.1) is 5.82 Å². The minimum Gasteiger partial charge on any atom is -0.308 e. The standard InChI is InChI=1S/C16H16FN3/c1-18-15(11-6-5-7-12(17)10-11)16-13-8-3-4-9-14(13)20(2)19-16/h3-10,15,18H,1-2H3. The van der Waals surface area contributed by atoms with Gasteiger partial charge in [0, 0.05) is 12.4 Å². The second-order valence-electron chi connectivity index (χ2n) is 4.80. The Morgan fingerprint density at radius 1 is 1.15 bits per heavy atom. The summed E-state index contributed by atoms with van der Waals surface area (Å²) in [4.78, 5) is 0. The molecule has 3 aromatic rings. The molecule has 102 valence electrons. The van der Waals surface area contributed by atoms with E-state index in [-0.39, 0.29) is 11.9 Å². The average Bonchev–Trinajstić information content (AvgIpc) is 2.78. The molecule has 0 aliphatic rings. The Balaban J connectivity index is 2.17. The van der Waals surface area contributed by atoms with Crippen molar-refractivity contribution < 1.29 is 4.39 Å². The van der Waals surface area contributed by atoms with Crippen LogP contribution in [-0.2, 0) is 7.05 Å². The summed E-state index contributed by atoms with van der Waals surface area (Å²) in [6.07, 6.45) is 0. The predicted octanol–water partition coefficient (Wildman–Crippen LogP) is 3.02. The number of nitrogens with zero attached hydrogens (tertiary/aromatic N) is 2. The summed E-state index contributed by atoms with van der Waals surface area (Å²) in [6, 6.07) is 14.6. The number of nitrogens with one attached hydrogen (secondary N) is 1. The van der Waals surface area contributed by atoms with Gasteiger partial charge in [-0.3, -0.25) is 4.68 Å². The van der Waals surface area contributed by atoms with Gasteiger partial charge in [-0.2, -0.15) is 5.10 Å². The maximum atomic E-state index is 13.4. The zero-order valence-electron chi connectivity index (χ0n) is 11.5. The molecule has 0 radical (unpaired) electrons. The lowest BCUT2D eigenvalue weighted by molar-refractivity contribution is 0.610. The zero-order chi connectivity index (χ0) is 14.1. The number of aromatic nitrogens is 2. The lowest BCUT2D eigenvalue weighted by Gasteiger charge is -2.15. The molecule has 1 N–H and O–H groups in total. The third kappa shape index (κ3) is 2.08. The number of aryl methyl sites for hydroxylation is 1. The summed E-state index contributed by atoms with van der Waals surface area (Å²) in [7, 11) is 3.78. The van der Waals surface area contributed by atoms with E-state index in [4.69, 9.17) is 0 Å². The highest BCUT2D eigenvalue weighted by atomic mass is 19.1. The second-order valence-corrected chi connectivity index (χ2v) is 4.80. The molecular formula is C16H16FN3. The highest BCUT2D eigenvalue weighted by molar-refractivity contribution is 5.82. The van der Waals surface area contributed by atoms with E-state index in [2.05, 4.69) is 10.4 Å². The predicted molar refractivity (Wildman–Crippen MR) is 78.0 cm³/mol. The van der Waals surface area contributed by atoms with Crippen LogP contribution in [0.15, 0.2) is 48.5 Å². The Morgan fingerprint density at radius 3 is 2.70 bits per heavy atom. The third-order valence-electron chi connectivity index (χ3n) is 3.53.